The number of non-ortho nitro benzene ring substituents is 1. The van der Waals surface area contributed by atoms with Crippen molar-refractivity contribution in [2.45, 2.75) is 6.92 Å². The van der Waals surface area contributed by atoms with E-state index in [1.165, 1.54) is 30.3 Å². The van der Waals surface area contributed by atoms with Crippen molar-refractivity contribution in [2.24, 2.45) is 11.5 Å². The third kappa shape index (κ3) is 3.00. The van der Waals surface area contributed by atoms with Crippen molar-refractivity contribution >= 4 is 11.4 Å². The third-order valence-corrected chi connectivity index (χ3v) is 3.06. The molecule has 2 aromatic rings. The predicted molar refractivity (Wildman–Crippen MR) is 79.5 cm³/mol. The summed E-state index contributed by atoms with van der Waals surface area (Å²) in [6.45, 7) is 1.61. The highest BCUT2D eigenvalue weighted by Gasteiger charge is 2.13. The van der Waals surface area contributed by atoms with Gasteiger partial charge in [0.25, 0.3) is 5.69 Å². The number of rotatable bonds is 3. The van der Waals surface area contributed by atoms with Crippen LogP contribution in [0.1, 0.15) is 12.5 Å². The Morgan fingerprint density at radius 3 is 2.52 bits per heavy atom. The summed E-state index contributed by atoms with van der Waals surface area (Å²) in [7, 11) is 0. The second kappa shape index (κ2) is 5.62. The monoisotopic (exact) mass is 287 g/mol. The Balaban J connectivity index is 2.67. The Hall–Kier alpha value is -2.89. The van der Waals surface area contributed by atoms with E-state index in [9.17, 15) is 14.5 Å². The average molecular weight is 287 g/mol. The first-order valence-corrected chi connectivity index (χ1v) is 6.16. The summed E-state index contributed by atoms with van der Waals surface area (Å²) in [6, 6.07) is 10.1. The zero-order chi connectivity index (χ0) is 15.6. The van der Waals surface area contributed by atoms with Crippen molar-refractivity contribution in [2.75, 3.05) is 0 Å². The summed E-state index contributed by atoms with van der Waals surface area (Å²) in [5, 5.41) is 10.9. The Kier molecular flexibility index (Phi) is 3.89. The van der Waals surface area contributed by atoms with Gasteiger partial charge in [0.05, 0.1) is 10.6 Å². The summed E-state index contributed by atoms with van der Waals surface area (Å²) in [5.41, 5.74) is 13.7. The van der Waals surface area contributed by atoms with Crippen LogP contribution in [0.3, 0.4) is 0 Å². The van der Waals surface area contributed by atoms with Gasteiger partial charge in [-0.1, -0.05) is 18.2 Å². The summed E-state index contributed by atoms with van der Waals surface area (Å²) < 4.78 is 13.5. The maximum atomic E-state index is 13.5. The summed E-state index contributed by atoms with van der Waals surface area (Å²) in [4.78, 5) is 10.4. The largest absolute Gasteiger partial charge is 0.401 e. The molecule has 0 atom stereocenters. The number of halogens is 1. The lowest BCUT2D eigenvalue weighted by atomic mass is 9.96. The molecule has 2 rings (SSSR count). The molecular formula is C15H14FN3O2. The van der Waals surface area contributed by atoms with E-state index >= 15 is 0 Å². The van der Waals surface area contributed by atoms with Crippen molar-refractivity contribution < 1.29 is 9.31 Å². The number of allylic oxidation sites excluding steroid dienone is 1. The lowest BCUT2D eigenvalue weighted by Gasteiger charge is -2.11. The van der Waals surface area contributed by atoms with Gasteiger partial charge in [-0.3, -0.25) is 10.1 Å². The first-order chi connectivity index (χ1) is 9.90. The van der Waals surface area contributed by atoms with Crippen molar-refractivity contribution in [3.05, 3.63) is 69.7 Å². The zero-order valence-corrected chi connectivity index (χ0v) is 11.3. The standard InChI is InChI=1S/C15H14FN3O2/c1-9(17)15(18)14-8-11(16)5-6-13(14)10-3-2-4-12(7-10)19(20)21/h2-8H,17-18H2,1H3/b15-9-. The van der Waals surface area contributed by atoms with Gasteiger partial charge >= 0.3 is 0 Å². The number of nitro groups is 1. The van der Waals surface area contributed by atoms with Crippen LogP contribution in [-0.4, -0.2) is 4.92 Å². The highest BCUT2D eigenvalue weighted by Crippen LogP contribution is 2.30. The van der Waals surface area contributed by atoms with E-state index in [1.807, 2.05) is 0 Å². The maximum absolute atomic E-state index is 13.5. The van der Waals surface area contributed by atoms with Crippen LogP contribution in [-0.2, 0) is 0 Å². The topological polar surface area (TPSA) is 95.2 Å². The molecule has 0 saturated heterocycles. The number of nitro benzene ring substituents is 1. The third-order valence-electron chi connectivity index (χ3n) is 3.06. The molecular weight excluding hydrogens is 273 g/mol. The highest BCUT2D eigenvalue weighted by molar-refractivity contribution is 5.81. The highest BCUT2D eigenvalue weighted by atomic mass is 19.1. The molecule has 0 fully saturated rings. The Morgan fingerprint density at radius 2 is 1.90 bits per heavy atom. The fraction of sp³-hybridized carbons (Fsp3) is 0.0667. The molecule has 2 aromatic carbocycles. The summed E-state index contributed by atoms with van der Waals surface area (Å²) in [6.07, 6.45) is 0. The van der Waals surface area contributed by atoms with Crippen LogP contribution < -0.4 is 11.5 Å². The molecule has 0 heterocycles. The molecule has 21 heavy (non-hydrogen) atoms. The van der Waals surface area contributed by atoms with Gasteiger partial charge in [0.15, 0.2) is 0 Å². The van der Waals surface area contributed by atoms with Crippen LogP contribution in [0.4, 0.5) is 10.1 Å². The fourth-order valence-electron chi connectivity index (χ4n) is 1.99. The van der Waals surface area contributed by atoms with Gasteiger partial charge < -0.3 is 11.5 Å². The second-order valence-corrected chi connectivity index (χ2v) is 4.59. The minimum Gasteiger partial charge on any atom is -0.401 e. The van der Waals surface area contributed by atoms with Gasteiger partial charge in [0.2, 0.25) is 0 Å². The number of hydrogen-bond acceptors (Lipinski definition) is 4. The number of nitrogens with two attached hydrogens (primary N) is 2. The van der Waals surface area contributed by atoms with Crippen molar-refractivity contribution in [1.29, 1.82) is 0 Å². The van der Waals surface area contributed by atoms with Crippen molar-refractivity contribution in [3.63, 3.8) is 0 Å². The zero-order valence-electron chi connectivity index (χ0n) is 11.3. The second-order valence-electron chi connectivity index (χ2n) is 4.59. The van der Waals surface area contributed by atoms with Gasteiger partial charge in [-0.15, -0.1) is 0 Å². The quantitative estimate of drug-likeness (QED) is 0.670. The molecule has 0 aliphatic carbocycles. The van der Waals surface area contributed by atoms with E-state index < -0.39 is 10.7 Å². The van der Waals surface area contributed by atoms with Crippen LogP contribution in [0, 0.1) is 15.9 Å². The van der Waals surface area contributed by atoms with Gasteiger partial charge in [-0.2, -0.15) is 0 Å². The first-order valence-electron chi connectivity index (χ1n) is 6.16. The van der Waals surface area contributed by atoms with Gasteiger partial charge in [-0.25, -0.2) is 4.39 Å². The maximum Gasteiger partial charge on any atom is 0.270 e. The Bertz CT molecular complexity index is 737. The SMILES string of the molecule is C/C(N)=C(/N)c1cc(F)ccc1-c1cccc([N+](=O)[O-])c1. The molecule has 0 aliphatic rings. The fourth-order valence-corrected chi connectivity index (χ4v) is 1.99. The van der Waals surface area contributed by atoms with Gasteiger partial charge in [0, 0.05) is 23.4 Å². The molecule has 0 saturated carbocycles. The van der Waals surface area contributed by atoms with E-state index in [4.69, 9.17) is 11.5 Å². The summed E-state index contributed by atoms with van der Waals surface area (Å²) in [5.74, 6) is -0.455. The number of nitrogens with zero attached hydrogens (tertiary/aromatic N) is 1. The normalized spacial score (nSPS) is 11.9. The summed E-state index contributed by atoms with van der Waals surface area (Å²) >= 11 is 0. The van der Waals surface area contributed by atoms with E-state index in [2.05, 4.69) is 0 Å². The molecule has 0 radical (unpaired) electrons. The lowest BCUT2D eigenvalue weighted by molar-refractivity contribution is -0.384. The van der Waals surface area contributed by atoms with Crippen LogP contribution in [0.2, 0.25) is 0 Å². The van der Waals surface area contributed by atoms with E-state index in [0.29, 0.717) is 22.4 Å². The first kappa shape index (κ1) is 14.5. The molecule has 5 nitrogen and oxygen atoms in total. The smallest absolute Gasteiger partial charge is 0.270 e. The lowest BCUT2D eigenvalue weighted by Crippen LogP contribution is -2.07. The minimum atomic E-state index is -0.486. The van der Waals surface area contributed by atoms with Gasteiger partial charge in [0.1, 0.15) is 5.82 Å². The molecule has 6 heteroatoms. The molecule has 0 amide bonds. The Morgan fingerprint density at radius 1 is 1.19 bits per heavy atom. The molecule has 0 bridgehead atoms. The van der Waals surface area contributed by atoms with E-state index in [-0.39, 0.29) is 11.4 Å². The molecule has 108 valence electrons. The van der Waals surface area contributed by atoms with Crippen molar-refractivity contribution in [3.8, 4) is 11.1 Å². The van der Waals surface area contributed by atoms with Crippen LogP contribution in [0.5, 0.6) is 0 Å². The van der Waals surface area contributed by atoms with E-state index in [1.54, 1.807) is 19.1 Å². The average Bonchev–Trinajstić information content (AvgIpc) is 2.46. The molecule has 0 spiro atoms. The van der Waals surface area contributed by atoms with Gasteiger partial charge in [-0.05, 0) is 30.2 Å². The Labute approximate surface area is 120 Å². The number of hydrogen-bond donors (Lipinski definition) is 2. The number of benzene rings is 2. The van der Waals surface area contributed by atoms with Crippen molar-refractivity contribution in [1.82, 2.24) is 0 Å². The minimum absolute atomic E-state index is 0.0465. The molecule has 0 unspecified atom stereocenters. The molecule has 4 N–H and O–H groups in total. The van der Waals surface area contributed by atoms with E-state index in [0.717, 1.165) is 0 Å². The predicted octanol–water partition coefficient (Wildman–Crippen LogP) is 3.01. The molecule has 0 aliphatic heterocycles. The van der Waals surface area contributed by atoms with Crippen LogP contribution >= 0.6 is 0 Å². The van der Waals surface area contributed by atoms with Crippen LogP contribution in [0.25, 0.3) is 16.8 Å². The molecule has 0 aromatic heterocycles. The van der Waals surface area contributed by atoms with Crippen LogP contribution in [0.15, 0.2) is 48.2 Å².